The zero-order valence-corrected chi connectivity index (χ0v) is 8.75. The highest BCUT2D eigenvalue weighted by atomic mass is 15.1. The fourth-order valence-corrected chi connectivity index (χ4v) is 1.51. The number of imidazole rings is 1. The van der Waals surface area contributed by atoms with Crippen LogP contribution in [0.4, 0.5) is 0 Å². The van der Waals surface area contributed by atoms with Crippen LogP contribution < -0.4 is 5.32 Å². The highest BCUT2D eigenvalue weighted by Gasteiger charge is 2.09. The van der Waals surface area contributed by atoms with Crippen LogP contribution in [-0.2, 0) is 6.54 Å². The van der Waals surface area contributed by atoms with Gasteiger partial charge in [0, 0.05) is 24.9 Å². The molecule has 1 atom stereocenters. The number of nitrogens with zero attached hydrogens (tertiary/aromatic N) is 2. The maximum Gasteiger partial charge on any atom is 0.111 e. The molecular weight excluding hydrogens is 162 g/mol. The molecule has 0 spiro atoms. The summed E-state index contributed by atoms with van der Waals surface area (Å²) < 4.78 is 2.21. The molecule has 0 amide bonds. The van der Waals surface area contributed by atoms with Crippen LogP contribution in [0.25, 0.3) is 0 Å². The number of hydrogen-bond donors (Lipinski definition) is 1. The molecule has 3 heteroatoms. The molecule has 0 saturated carbocycles. The summed E-state index contributed by atoms with van der Waals surface area (Å²) in [5, 5.41) is 3.16. The van der Waals surface area contributed by atoms with Gasteiger partial charge in [0.1, 0.15) is 5.82 Å². The SMILES string of the molecule is CCn1ccnc1C(C)CCNC. The predicted molar refractivity (Wildman–Crippen MR) is 54.9 cm³/mol. The third-order valence-electron chi connectivity index (χ3n) is 2.36. The number of aromatic nitrogens is 2. The second-order valence-corrected chi connectivity index (χ2v) is 3.36. The Morgan fingerprint density at radius 2 is 2.38 bits per heavy atom. The normalized spacial score (nSPS) is 13.2. The molecule has 3 nitrogen and oxygen atoms in total. The van der Waals surface area contributed by atoms with Gasteiger partial charge in [-0.2, -0.15) is 0 Å². The van der Waals surface area contributed by atoms with Gasteiger partial charge in [-0.25, -0.2) is 4.98 Å². The molecule has 0 bridgehead atoms. The molecule has 1 heterocycles. The fourth-order valence-electron chi connectivity index (χ4n) is 1.51. The molecule has 74 valence electrons. The summed E-state index contributed by atoms with van der Waals surface area (Å²) in [6, 6.07) is 0. The van der Waals surface area contributed by atoms with Crippen molar-refractivity contribution < 1.29 is 0 Å². The highest BCUT2D eigenvalue weighted by molar-refractivity contribution is 4.98. The first-order valence-electron chi connectivity index (χ1n) is 4.95. The lowest BCUT2D eigenvalue weighted by Crippen LogP contribution is -2.13. The molecule has 0 aliphatic rings. The van der Waals surface area contributed by atoms with Crippen molar-refractivity contribution in [3.8, 4) is 0 Å². The van der Waals surface area contributed by atoms with Gasteiger partial charge in [0.15, 0.2) is 0 Å². The van der Waals surface area contributed by atoms with Gasteiger partial charge >= 0.3 is 0 Å². The number of nitrogens with one attached hydrogen (secondary N) is 1. The largest absolute Gasteiger partial charge is 0.335 e. The van der Waals surface area contributed by atoms with Crippen molar-refractivity contribution in [1.29, 1.82) is 0 Å². The Hall–Kier alpha value is -0.830. The predicted octanol–water partition coefficient (Wildman–Crippen LogP) is 1.62. The Bertz CT molecular complexity index is 242. The van der Waals surface area contributed by atoms with E-state index in [1.807, 2.05) is 19.4 Å². The van der Waals surface area contributed by atoms with Crippen LogP contribution in [0.15, 0.2) is 12.4 Å². The minimum Gasteiger partial charge on any atom is -0.335 e. The van der Waals surface area contributed by atoms with Crippen LogP contribution in [0.1, 0.15) is 32.0 Å². The molecule has 0 aromatic carbocycles. The van der Waals surface area contributed by atoms with E-state index in [-0.39, 0.29) is 0 Å². The molecule has 1 unspecified atom stereocenters. The van der Waals surface area contributed by atoms with Gasteiger partial charge in [-0.1, -0.05) is 6.92 Å². The van der Waals surface area contributed by atoms with Crippen molar-refractivity contribution in [2.75, 3.05) is 13.6 Å². The Kier molecular flexibility index (Phi) is 3.96. The lowest BCUT2D eigenvalue weighted by molar-refractivity contribution is 0.569. The molecule has 0 radical (unpaired) electrons. The summed E-state index contributed by atoms with van der Waals surface area (Å²) in [5.41, 5.74) is 0. The van der Waals surface area contributed by atoms with Crippen molar-refractivity contribution >= 4 is 0 Å². The first kappa shape index (κ1) is 10.3. The average Bonchev–Trinajstić information content (AvgIpc) is 2.61. The molecule has 1 rings (SSSR count). The molecule has 0 saturated heterocycles. The van der Waals surface area contributed by atoms with Crippen LogP contribution in [0.3, 0.4) is 0 Å². The molecule has 13 heavy (non-hydrogen) atoms. The Morgan fingerprint density at radius 3 is 3.00 bits per heavy atom. The minimum atomic E-state index is 0.544. The van der Waals surface area contributed by atoms with Crippen molar-refractivity contribution in [1.82, 2.24) is 14.9 Å². The zero-order valence-electron chi connectivity index (χ0n) is 8.75. The molecular formula is C10H19N3. The topological polar surface area (TPSA) is 29.9 Å². The summed E-state index contributed by atoms with van der Waals surface area (Å²) >= 11 is 0. The monoisotopic (exact) mass is 181 g/mol. The molecule has 1 N–H and O–H groups in total. The van der Waals surface area contributed by atoms with E-state index in [1.54, 1.807) is 0 Å². The smallest absolute Gasteiger partial charge is 0.111 e. The lowest BCUT2D eigenvalue weighted by Gasteiger charge is -2.12. The average molecular weight is 181 g/mol. The standard InChI is InChI=1S/C10H19N3/c1-4-13-8-7-12-10(13)9(2)5-6-11-3/h7-9,11H,4-6H2,1-3H3. The second-order valence-electron chi connectivity index (χ2n) is 3.36. The molecule has 1 aromatic heterocycles. The quantitative estimate of drug-likeness (QED) is 0.748. The van der Waals surface area contributed by atoms with Gasteiger partial charge in [-0.05, 0) is 26.9 Å². The number of aryl methyl sites for hydroxylation is 1. The highest BCUT2D eigenvalue weighted by Crippen LogP contribution is 2.16. The van der Waals surface area contributed by atoms with E-state index in [0.29, 0.717) is 5.92 Å². The number of hydrogen-bond acceptors (Lipinski definition) is 2. The molecule has 0 aliphatic carbocycles. The second kappa shape index (κ2) is 5.02. The zero-order chi connectivity index (χ0) is 9.68. The summed E-state index contributed by atoms with van der Waals surface area (Å²) in [6.45, 7) is 6.44. The van der Waals surface area contributed by atoms with Gasteiger partial charge in [-0.15, -0.1) is 0 Å². The summed E-state index contributed by atoms with van der Waals surface area (Å²) in [7, 11) is 1.99. The maximum absolute atomic E-state index is 4.38. The van der Waals surface area contributed by atoms with Gasteiger partial charge in [0.2, 0.25) is 0 Å². The molecule has 0 aliphatic heterocycles. The van der Waals surface area contributed by atoms with Crippen LogP contribution in [0.2, 0.25) is 0 Å². The van der Waals surface area contributed by atoms with Gasteiger partial charge < -0.3 is 9.88 Å². The first-order valence-corrected chi connectivity index (χ1v) is 4.95. The first-order chi connectivity index (χ1) is 6.29. The minimum absolute atomic E-state index is 0.544. The van der Waals surface area contributed by atoms with E-state index >= 15 is 0 Å². The number of rotatable bonds is 5. The van der Waals surface area contributed by atoms with Crippen molar-refractivity contribution in [2.24, 2.45) is 0 Å². The van der Waals surface area contributed by atoms with Crippen LogP contribution in [0.5, 0.6) is 0 Å². The Morgan fingerprint density at radius 1 is 1.62 bits per heavy atom. The van der Waals surface area contributed by atoms with Crippen molar-refractivity contribution in [3.05, 3.63) is 18.2 Å². The van der Waals surface area contributed by atoms with Crippen LogP contribution in [-0.4, -0.2) is 23.1 Å². The maximum atomic E-state index is 4.38. The Labute approximate surface area is 80.2 Å². The van der Waals surface area contributed by atoms with Gasteiger partial charge in [0.25, 0.3) is 0 Å². The van der Waals surface area contributed by atoms with E-state index in [0.717, 1.165) is 19.5 Å². The Balaban J connectivity index is 2.59. The molecule has 0 fully saturated rings. The third-order valence-corrected chi connectivity index (χ3v) is 2.36. The third kappa shape index (κ3) is 2.56. The van der Waals surface area contributed by atoms with Crippen LogP contribution in [0, 0.1) is 0 Å². The lowest BCUT2D eigenvalue weighted by atomic mass is 10.1. The fraction of sp³-hybridized carbons (Fsp3) is 0.700. The summed E-state index contributed by atoms with van der Waals surface area (Å²) in [6.07, 6.45) is 5.08. The van der Waals surface area contributed by atoms with E-state index in [1.165, 1.54) is 5.82 Å². The van der Waals surface area contributed by atoms with E-state index in [2.05, 4.69) is 28.7 Å². The van der Waals surface area contributed by atoms with E-state index in [9.17, 15) is 0 Å². The van der Waals surface area contributed by atoms with Crippen molar-refractivity contribution in [2.45, 2.75) is 32.7 Å². The summed E-state index contributed by atoms with van der Waals surface area (Å²) in [5.74, 6) is 1.75. The van der Waals surface area contributed by atoms with Gasteiger partial charge in [0.05, 0.1) is 0 Å². The summed E-state index contributed by atoms with van der Waals surface area (Å²) in [4.78, 5) is 4.38. The van der Waals surface area contributed by atoms with E-state index < -0.39 is 0 Å². The van der Waals surface area contributed by atoms with Crippen LogP contribution >= 0.6 is 0 Å². The van der Waals surface area contributed by atoms with Crippen molar-refractivity contribution in [3.63, 3.8) is 0 Å². The molecule has 1 aromatic rings. The van der Waals surface area contributed by atoms with Gasteiger partial charge in [-0.3, -0.25) is 0 Å². The van der Waals surface area contributed by atoms with E-state index in [4.69, 9.17) is 0 Å².